The van der Waals surface area contributed by atoms with Crippen LogP contribution in [0.15, 0.2) is 36.4 Å². The molecule has 4 rings (SSSR count). The van der Waals surface area contributed by atoms with Gasteiger partial charge < -0.3 is 14.4 Å². The van der Waals surface area contributed by atoms with Crippen LogP contribution in [0.2, 0.25) is 0 Å². The third kappa shape index (κ3) is 5.08. The molecule has 0 radical (unpaired) electrons. The average Bonchev–Trinajstić information content (AvgIpc) is 3.13. The zero-order valence-electron chi connectivity index (χ0n) is 17.3. The molecule has 0 saturated carbocycles. The fraction of sp³-hybridized carbons (Fsp3) is 0.333. The number of hydrogen-bond donors (Lipinski definition) is 0. The molecular weight excluding hydrogens is 467 g/mol. The molecule has 0 aliphatic carbocycles. The van der Waals surface area contributed by atoms with Crippen molar-refractivity contribution in [2.45, 2.75) is 6.18 Å². The third-order valence-electron chi connectivity index (χ3n) is 4.72. The number of rotatable bonds is 5. The van der Waals surface area contributed by atoms with Crippen molar-refractivity contribution in [1.29, 1.82) is 0 Å². The van der Waals surface area contributed by atoms with Crippen molar-refractivity contribution >= 4 is 45.0 Å². The van der Waals surface area contributed by atoms with Crippen molar-refractivity contribution in [3.05, 3.63) is 47.5 Å². The van der Waals surface area contributed by atoms with E-state index in [0.717, 1.165) is 16.8 Å². The number of ether oxygens (including phenoxy) is 2. The van der Waals surface area contributed by atoms with Gasteiger partial charge in [-0.3, -0.25) is 9.69 Å². The van der Waals surface area contributed by atoms with Gasteiger partial charge >= 0.3 is 6.18 Å². The summed E-state index contributed by atoms with van der Waals surface area (Å²) in [6, 6.07) is 8.00. The van der Waals surface area contributed by atoms with Crippen LogP contribution in [0.3, 0.4) is 0 Å². The topological polar surface area (TPSA) is 54.9 Å². The predicted molar refractivity (Wildman–Crippen MR) is 120 cm³/mol. The van der Waals surface area contributed by atoms with Crippen molar-refractivity contribution in [2.75, 3.05) is 45.3 Å². The Hall–Kier alpha value is -2.56. The van der Waals surface area contributed by atoms with Gasteiger partial charge in [-0.25, -0.2) is 4.98 Å². The third-order valence-corrected chi connectivity index (χ3v) is 5.77. The normalized spacial score (nSPS) is 13.2. The van der Waals surface area contributed by atoms with Gasteiger partial charge in [0, 0.05) is 30.8 Å². The van der Waals surface area contributed by atoms with E-state index in [-0.39, 0.29) is 24.5 Å². The van der Waals surface area contributed by atoms with E-state index in [1.165, 1.54) is 28.4 Å². The highest BCUT2D eigenvalue weighted by Crippen LogP contribution is 2.39. The predicted octanol–water partition coefficient (Wildman–Crippen LogP) is 4.72. The van der Waals surface area contributed by atoms with Crippen LogP contribution in [0.4, 0.5) is 18.3 Å². The first-order valence-electron chi connectivity index (χ1n) is 9.56. The van der Waals surface area contributed by atoms with E-state index in [0.29, 0.717) is 41.9 Å². The minimum Gasteiger partial charge on any atom is -0.486 e. The number of carbonyl (C=O) groups is 1. The van der Waals surface area contributed by atoms with Crippen LogP contribution >= 0.6 is 23.7 Å². The number of fused-ring (bicyclic) bond motifs is 2. The molecule has 6 nitrogen and oxygen atoms in total. The lowest BCUT2D eigenvalue weighted by molar-refractivity contribution is -0.137. The number of aromatic nitrogens is 1. The van der Waals surface area contributed by atoms with Crippen LogP contribution in [-0.4, -0.2) is 56.2 Å². The van der Waals surface area contributed by atoms with Gasteiger partial charge in [0.1, 0.15) is 13.2 Å². The first-order chi connectivity index (χ1) is 14.7. The van der Waals surface area contributed by atoms with E-state index in [1.807, 2.05) is 25.1 Å². The average molecular weight is 488 g/mol. The monoisotopic (exact) mass is 487 g/mol. The highest BCUT2D eigenvalue weighted by Gasteiger charge is 2.32. The summed E-state index contributed by atoms with van der Waals surface area (Å²) < 4.78 is 51.4. The summed E-state index contributed by atoms with van der Waals surface area (Å²) in [7, 11) is 3.71. The van der Waals surface area contributed by atoms with E-state index in [4.69, 9.17) is 9.47 Å². The SMILES string of the molecule is CN(C)CCN(C(=O)c1cccc(C(F)(F)F)c1)c1nc2cc3c(cc2s1)OCCO3.Cl. The Morgan fingerprint density at radius 1 is 1.09 bits per heavy atom. The zero-order valence-corrected chi connectivity index (χ0v) is 18.9. The Morgan fingerprint density at radius 3 is 2.44 bits per heavy atom. The van der Waals surface area contributed by atoms with E-state index >= 15 is 0 Å². The first-order valence-corrected chi connectivity index (χ1v) is 10.4. The van der Waals surface area contributed by atoms with Crippen molar-refractivity contribution in [3.63, 3.8) is 0 Å². The molecular formula is C21H21ClF3N3O3S. The summed E-state index contributed by atoms with van der Waals surface area (Å²) in [5, 5.41) is 0.404. The molecule has 0 fully saturated rings. The molecule has 0 bridgehead atoms. The highest BCUT2D eigenvalue weighted by molar-refractivity contribution is 7.22. The number of carbonyl (C=O) groups excluding carboxylic acids is 1. The second-order valence-electron chi connectivity index (χ2n) is 7.30. The van der Waals surface area contributed by atoms with Gasteiger partial charge in [-0.2, -0.15) is 13.2 Å². The minimum absolute atomic E-state index is 0. The number of hydrogen-bond acceptors (Lipinski definition) is 6. The van der Waals surface area contributed by atoms with E-state index < -0.39 is 17.6 Å². The summed E-state index contributed by atoms with van der Waals surface area (Å²) >= 11 is 1.28. The molecule has 32 heavy (non-hydrogen) atoms. The highest BCUT2D eigenvalue weighted by atomic mass is 35.5. The van der Waals surface area contributed by atoms with Crippen LogP contribution in [0.1, 0.15) is 15.9 Å². The molecule has 0 spiro atoms. The van der Waals surface area contributed by atoms with Crippen LogP contribution in [0.5, 0.6) is 11.5 Å². The van der Waals surface area contributed by atoms with Crippen molar-refractivity contribution in [1.82, 2.24) is 9.88 Å². The molecule has 1 aliphatic rings. The van der Waals surface area contributed by atoms with E-state index in [9.17, 15) is 18.0 Å². The number of amides is 1. The van der Waals surface area contributed by atoms with Gasteiger partial charge in [0.2, 0.25) is 0 Å². The van der Waals surface area contributed by atoms with Gasteiger partial charge in [0.05, 0.1) is 15.8 Å². The Morgan fingerprint density at radius 2 is 1.78 bits per heavy atom. The van der Waals surface area contributed by atoms with Crippen LogP contribution in [-0.2, 0) is 6.18 Å². The fourth-order valence-electron chi connectivity index (χ4n) is 3.14. The van der Waals surface area contributed by atoms with E-state index in [1.54, 1.807) is 6.07 Å². The molecule has 0 atom stereocenters. The van der Waals surface area contributed by atoms with Gasteiger partial charge in [-0.15, -0.1) is 12.4 Å². The molecule has 3 aromatic rings. The molecule has 2 heterocycles. The maximum absolute atomic E-state index is 13.2. The van der Waals surface area contributed by atoms with Crippen molar-refractivity contribution in [2.24, 2.45) is 0 Å². The molecule has 0 saturated heterocycles. The van der Waals surface area contributed by atoms with Crippen LogP contribution in [0, 0.1) is 0 Å². The number of anilines is 1. The lowest BCUT2D eigenvalue weighted by Gasteiger charge is -2.22. The summed E-state index contributed by atoms with van der Waals surface area (Å²) in [5.74, 6) is 0.655. The lowest BCUT2D eigenvalue weighted by Crippen LogP contribution is -2.36. The Bertz CT molecular complexity index is 1080. The van der Waals surface area contributed by atoms with Gasteiger partial charge in [0.25, 0.3) is 5.91 Å². The molecule has 0 unspecified atom stereocenters. The summed E-state index contributed by atoms with van der Waals surface area (Å²) in [5.41, 5.74) is -0.271. The second kappa shape index (κ2) is 9.51. The van der Waals surface area contributed by atoms with Crippen molar-refractivity contribution in [3.8, 4) is 11.5 Å². The number of likely N-dealkylation sites (N-methyl/N-ethyl adjacent to an activating group) is 1. The smallest absolute Gasteiger partial charge is 0.416 e. The van der Waals surface area contributed by atoms with Gasteiger partial charge in [-0.05, 0) is 32.3 Å². The number of alkyl halides is 3. The summed E-state index contributed by atoms with van der Waals surface area (Å²) in [6.45, 7) is 1.68. The largest absolute Gasteiger partial charge is 0.486 e. The van der Waals surface area contributed by atoms with Gasteiger partial charge in [-0.1, -0.05) is 17.4 Å². The summed E-state index contributed by atoms with van der Waals surface area (Å²) in [4.78, 5) is 21.1. The summed E-state index contributed by atoms with van der Waals surface area (Å²) in [6.07, 6.45) is -4.53. The zero-order chi connectivity index (χ0) is 22.2. The van der Waals surface area contributed by atoms with Crippen LogP contribution in [0.25, 0.3) is 10.2 Å². The number of nitrogens with zero attached hydrogens (tertiary/aromatic N) is 3. The van der Waals surface area contributed by atoms with E-state index in [2.05, 4.69) is 4.98 Å². The van der Waals surface area contributed by atoms with Gasteiger partial charge in [0.15, 0.2) is 16.6 Å². The maximum atomic E-state index is 13.2. The maximum Gasteiger partial charge on any atom is 0.416 e. The Labute approximate surface area is 193 Å². The second-order valence-corrected chi connectivity index (χ2v) is 8.31. The van der Waals surface area contributed by atoms with Crippen molar-refractivity contribution < 1.29 is 27.4 Å². The number of benzene rings is 2. The molecule has 1 aromatic heterocycles. The molecule has 1 amide bonds. The molecule has 0 N–H and O–H groups in total. The Balaban J connectivity index is 0.00000289. The van der Waals surface area contributed by atoms with Crippen LogP contribution < -0.4 is 14.4 Å². The minimum atomic E-state index is -4.53. The standard InChI is InChI=1S/C21H20F3N3O3S.ClH/c1-26(2)6-7-27(19(28)13-4-3-5-14(10-13)21(22,23)24)20-25-15-11-16-17(12-18(15)31-20)30-9-8-29-16;/h3-5,10-12H,6-9H2,1-2H3;1H. The number of thiazole rings is 1. The molecule has 1 aliphatic heterocycles. The lowest BCUT2D eigenvalue weighted by atomic mass is 10.1. The fourth-order valence-corrected chi connectivity index (χ4v) is 4.14. The quantitative estimate of drug-likeness (QED) is 0.521. The Kier molecular flexibility index (Phi) is 7.16. The molecule has 2 aromatic carbocycles. The molecule has 11 heteroatoms. The first kappa shape index (κ1) is 24.1. The number of halogens is 4. The molecule has 172 valence electrons.